The molecule has 3 rings (SSSR count). The van der Waals surface area contributed by atoms with E-state index in [1.165, 1.54) is 37.5 Å². The quantitative estimate of drug-likeness (QED) is 0.460. The van der Waals surface area contributed by atoms with Gasteiger partial charge in [-0.3, -0.25) is 9.59 Å². The van der Waals surface area contributed by atoms with Gasteiger partial charge in [0.2, 0.25) is 0 Å². The van der Waals surface area contributed by atoms with Crippen molar-refractivity contribution in [2.45, 2.75) is 12.5 Å². The largest absolute Gasteiger partial charge is 0.505 e. The highest BCUT2D eigenvalue weighted by Crippen LogP contribution is 2.34. The number of carbonyl (C=O) groups excluding carboxylic acids is 1. The number of carboxylic acid groups (broad SMARTS) is 1. The zero-order valence-electron chi connectivity index (χ0n) is 16.1. The zero-order valence-corrected chi connectivity index (χ0v) is 16.9. The van der Waals surface area contributed by atoms with Gasteiger partial charge in [0.15, 0.2) is 5.69 Å². The minimum Gasteiger partial charge on any atom is -0.505 e. The molecule has 0 radical (unpaired) electrons. The lowest BCUT2D eigenvalue weighted by Gasteiger charge is -2.16. The van der Waals surface area contributed by atoms with Gasteiger partial charge in [0.1, 0.15) is 17.4 Å². The number of urea groups is 1. The highest BCUT2D eigenvalue weighted by Gasteiger charge is 2.22. The number of hydrogen-bond donors (Lipinski definition) is 4. The molecular weight excluding hydrogens is 432 g/mol. The summed E-state index contributed by atoms with van der Waals surface area (Å²) in [5, 5.41) is 23.7. The van der Waals surface area contributed by atoms with Crippen LogP contribution >= 0.6 is 11.3 Å². The Morgan fingerprint density at radius 2 is 1.94 bits per heavy atom. The molecule has 0 bridgehead atoms. The van der Waals surface area contributed by atoms with Crippen LogP contribution in [0.2, 0.25) is 0 Å². The van der Waals surface area contributed by atoms with Crippen LogP contribution in [0.3, 0.4) is 0 Å². The second-order valence-corrected chi connectivity index (χ2v) is 7.68. The number of halogens is 2. The number of thiophene rings is 1. The molecular formula is C20H17F2N3O5S. The van der Waals surface area contributed by atoms with Crippen LogP contribution in [0, 0.1) is 11.6 Å². The molecule has 4 N–H and O–H groups in total. The summed E-state index contributed by atoms with van der Waals surface area (Å²) < 4.78 is 28.3. The van der Waals surface area contributed by atoms with Gasteiger partial charge in [-0.05, 0) is 30.3 Å². The lowest BCUT2D eigenvalue weighted by atomic mass is 10.1. The fraction of sp³-hybridized carbons (Fsp3) is 0.150. The van der Waals surface area contributed by atoms with E-state index in [0.29, 0.717) is 9.75 Å². The van der Waals surface area contributed by atoms with Crippen molar-refractivity contribution in [1.29, 1.82) is 0 Å². The van der Waals surface area contributed by atoms with Crippen LogP contribution in [0.5, 0.6) is 5.75 Å². The molecule has 0 aliphatic heterocycles. The van der Waals surface area contributed by atoms with Gasteiger partial charge < -0.3 is 25.4 Å². The van der Waals surface area contributed by atoms with E-state index >= 15 is 0 Å². The highest BCUT2D eigenvalue weighted by molar-refractivity contribution is 7.15. The topological polar surface area (TPSA) is 121 Å². The molecule has 1 aromatic carbocycles. The van der Waals surface area contributed by atoms with E-state index in [0.717, 1.165) is 28.0 Å². The first-order valence-electron chi connectivity index (χ1n) is 8.88. The summed E-state index contributed by atoms with van der Waals surface area (Å²) in [4.78, 5) is 36.6. The summed E-state index contributed by atoms with van der Waals surface area (Å²) in [7, 11) is 1.43. The molecule has 2 aromatic heterocycles. The summed E-state index contributed by atoms with van der Waals surface area (Å²) in [6, 6.07) is 5.46. The molecule has 0 unspecified atom stereocenters. The molecule has 1 atom stereocenters. The van der Waals surface area contributed by atoms with Crippen LogP contribution in [0.4, 0.5) is 19.3 Å². The van der Waals surface area contributed by atoms with E-state index in [1.807, 2.05) is 0 Å². The number of carbonyl (C=O) groups is 2. The third kappa shape index (κ3) is 5.07. The van der Waals surface area contributed by atoms with E-state index in [1.54, 1.807) is 0 Å². The van der Waals surface area contributed by atoms with Gasteiger partial charge in [0.05, 0.1) is 12.5 Å². The van der Waals surface area contributed by atoms with Crippen LogP contribution < -0.4 is 16.2 Å². The fourth-order valence-electron chi connectivity index (χ4n) is 2.82. The van der Waals surface area contributed by atoms with Crippen molar-refractivity contribution >= 4 is 29.0 Å². The van der Waals surface area contributed by atoms with Crippen molar-refractivity contribution in [1.82, 2.24) is 9.88 Å². The van der Waals surface area contributed by atoms with E-state index in [2.05, 4.69) is 10.6 Å². The minimum atomic E-state index is -1.20. The Morgan fingerprint density at radius 1 is 1.19 bits per heavy atom. The van der Waals surface area contributed by atoms with Crippen molar-refractivity contribution in [3.05, 3.63) is 69.5 Å². The molecule has 0 saturated carbocycles. The summed E-state index contributed by atoms with van der Waals surface area (Å²) in [6.07, 6.45) is 0.827. The average Bonchev–Trinajstić information content (AvgIpc) is 3.17. The number of aliphatic carboxylic acids is 1. The van der Waals surface area contributed by atoms with Gasteiger partial charge in [0.25, 0.3) is 5.56 Å². The molecule has 0 aliphatic carbocycles. The van der Waals surface area contributed by atoms with Crippen molar-refractivity contribution in [3.63, 3.8) is 0 Å². The first kappa shape index (κ1) is 22.0. The normalized spacial score (nSPS) is 11.7. The third-order valence-electron chi connectivity index (χ3n) is 4.34. The lowest BCUT2D eigenvalue weighted by molar-refractivity contribution is -0.137. The highest BCUT2D eigenvalue weighted by atomic mass is 32.1. The molecule has 162 valence electrons. The predicted molar refractivity (Wildman–Crippen MR) is 110 cm³/mol. The number of carboxylic acids is 1. The average molecular weight is 449 g/mol. The Balaban J connectivity index is 1.84. The molecule has 31 heavy (non-hydrogen) atoms. The predicted octanol–water partition coefficient (Wildman–Crippen LogP) is 3.44. The van der Waals surface area contributed by atoms with Crippen LogP contribution in [-0.4, -0.2) is 26.8 Å². The van der Waals surface area contributed by atoms with Crippen molar-refractivity contribution < 1.29 is 28.6 Å². The number of aryl methyl sites for hydroxylation is 1. The summed E-state index contributed by atoms with van der Waals surface area (Å²) in [5.41, 5.74) is -0.888. The molecule has 0 aliphatic rings. The zero-order chi connectivity index (χ0) is 22.7. The SMILES string of the molecule is Cn1ccc(O)c(NC(=O)N[C@@H](CC(=O)O)c2ccc(-c3ccc(F)cc3F)s2)c1=O. The standard InChI is InChI=1S/C20H17F2N3O5S/c1-25-7-6-14(26)18(19(25)29)24-20(30)23-13(9-17(27)28)16-5-4-15(31-16)11-3-2-10(21)8-12(11)22/h2-8,13,26H,9H2,1H3,(H,27,28)(H2,23,24,30)/t13-/m0/s1. The maximum absolute atomic E-state index is 14.1. The Kier molecular flexibility index (Phi) is 6.35. The fourth-order valence-corrected chi connectivity index (χ4v) is 3.90. The summed E-state index contributed by atoms with van der Waals surface area (Å²) in [6.45, 7) is 0. The number of rotatable bonds is 6. The second kappa shape index (κ2) is 8.96. The maximum atomic E-state index is 14.1. The van der Waals surface area contributed by atoms with Crippen LogP contribution in [0.15, 0.2) is 47.4 Å². The van der Waals surface area contributed by atoms with Crippen molar-refractivity contribution in [3.8, 4) is 16.2 Å². The Morgan fingerprint density at radius 3 is 2.61 bits per heavy atom. The summed E-state index contributed by atoms with van der Waals surface area (Å²) >= 11 is 1.03. The van der Waals surface area contributed by atoms with E-state index in [9.17, 15) is 33.4 Å². The number of benzene rings is 1. The van der Waals surface area contributed by atoms with E-state index < -0.39 is 47.4 Å². The second-order valence-electron chi connectivity index (χ2n) is 6.57. The molecule has 3 aromatic rings. The monoisotopic (exact) mass is 449 g/mol. The molecule has 8 nitrogen and oxygen atoms in total. The number of pyridine rings is 1. The third-order valence-corrected chi connectivity index (χ3v) is 5.57. The van der Waals surface area contributed by atoms with Crippen LogP contribution in [0.25, 0.3) is 10.4 Å². The lowest BCUT2D eigenvalue weighted by Crippen LogP contribution is -2.35. The maximum Gasteiger partial charge on any atom is 0.320 e. The number of aromatic hydroxyl groups is 1. The first-order valence-corrected chi connectivity index (χ1v) is 9.70. The van der Waals surface area contributed by atoms with Gasteiger partial charge in [-0.2, -0.15) is 0 Å². The number of hydrogen-bond acceptors (Lipinski definition) is 5. The smallest absolute Gasteiger partial charge is 0.320 e. The van der Waals surface area contributed by atoms with Gasteiger partial charge >= 0.3 is 12.0 Å². The van der Waals surface area contributed by atoms with E-state index in [4.69, 9.17) is 0 Å². The van der Waals surface area contributed by atoms with Gasteiger partial charge in [-0.1, -0.05) is 0 Å². The Bertz CT molecular complexity index is 1210. The Labute approximate surface area is 178 Å². The first-order chi connectivity index (χ1) is 14.7. The number of aromatic nitrogens is 1. The number of nitrogens with one attached hydrogen (secondary N) is 2. The number of anilines is 1. The molecule has 2 amide bonds. The molecule has 0 fully saturated rings. The molecule has 2 heterocycles. The molecule has 11 heteroatoms. The van der Waals surface area contributed by atoms with Crippen molar-refractivity contribution in [2.24, 2.45) is 7.05 Å². The molecule has 0 spiro atoms. The molecule has 0 saturated heterocycles. The van der Waals surface area contributed by atoms with Crippen LogP contribution in [-0.2, 0) is 11.8 Å². The summed E-state index contributed by atoms with van der Waals surface area (Å²) in [5.74, 6) is -3.15. The van der Waals surface area contributed by atoms with Gasteiger partial charge in [-0.25, -0.2) is 13.6 Å². The van der Waals surface area contributed by atoms with Crippen LogP contribution in [0.1, 0.15) is 17.3 Å². The van der Waals surface area contributed by atoms with E-state index in [-0.39, 0.29) is 11.3 Å². The number of amides is 2. The van der Waals surface area contributed by atoms with Gasteiger partial charge in [-0.15, -0.1) is 11.3 Å². The Hall–Kier alpha value is -3.73. The minimum absolute atomic E-state index is 0.133. The number of nitrogens with zero attached hydrogens (tertiary/aromatic N) is 1. The van der Waals surface area contributed by atoms with Crippen molar-refractivity contribution in [2.75, 3.05) is 5.32 Å². The van der Waals surface area contributed by atoms with Gasteiger partial charge in [0, 0.05) is 34.6 Å².